The average Bonchev–Trinajstić information content (AvgIpc) is 2.58. The number of nitrogens with zero attached hydrogens (tertiary/aromatic N) is 2. The molecular weight excluding hydrogens is 398 g/mol. The normalized spacial score (nSPS) is 12.7. The molecule has 0 aliphatic carbocycles. The lowest BCUT2D eigenvalue weighted by Crippen LogP contribution is -2.37. The molecule has 148 valence electrons. The van der Waals surface area contributed by atoms with Gasteiger partial charge in [-0.2, -0.15) is 8.61 Å². The third-order valence-electron chi connectivity index (χ3n) is 3.88. The van der Waals surface area contributed by atoms with E-state index < -0.39 is 36.8 Å². The lowest BCUT2D eigenvalue weighted by atomic mass is 10.2. The molecule has 27 heavy (non-hydrogen) atoms. The highest BCUT2D eigenvalue weighted by atomic mass is 32.3. The van der Waals surface area contributed by atoms with Crippen molar-refractivity contribution in [3.05, 3.63) is 71.3 Å². The standard InChI is InChI=1S/C17H20F2N2O4S2/c1-20(11-14-3-7-16(18)8-4-14)26(22,23)13-27(24,25)21(2)12-15-5-9-17(19)10-6-15/h3-10H,11-13H2,1-2H3. The molecule has 2 rings (SSSR count). The topological polar surface area (TPSA) is 74.8 Å². The fourth-order valence-corrected chi connectivity index (χ4v) is 5.90. The van der Waals surface area contributed by atoms with Gasteiger partial charge < -0.3 is 0 Å². The zero-order valence-corrected chi connectivity index (χ0v) is 16.5. The molecule has 0 saturated carbocycles. The van der Waals surface area contributed by atoms with Gasteiger partial charge in [-0.15, -0.1) is 0 Å². The first-order chi connectivity index (χ1) is 12.5. The molecule has 0 aliphatic rings. The minimum atomic E-state index is -4.12. The maximum Gasteiger partial charge on any atom is 0.230 e. The summed E-state index contributed by atoms with van der Waals surface area (Å²) in [5.74, 6) is -0.900. The van der Waals surface area contributed by atoms with Crippen molar-refractivity contribution >= 4 is 20.0 Å². The van der Waals surface area contributed by atoms with Crippen LogP contribution in [-0.2, 0) is 33.1 Å². The fourth-order valence-electron chi connectivity index (χ4n) is 2.26. The van der Waals surface area contributed by atoms with Crippen LogP contribution in [0.25, 0.3) is 0 Å². The Bertz CT molecular complexity index is 895. The summed E-state index contributed by atoms with van der Waals surface area (Å²) in [5.41, 5.74) is 1.05. The van der Waals surface area contributed by atoms with Gasteiger partial charge in [0.05, 0.1) is 0 Å². The van der Waals surface area contributed by atoms with Crippen molar-refractivity contribution in [3.8, 4) is 0 Å². The van der Waals surface area contributed by atoms with Gasteiger partial charge in [-0.3, -0.25) is 0 Å². The highest BCUT2D eigenvalue weighted by Crippen LogP contribution is 2.14. The van der Waals surface area contributed by atoms with E-state index in [9.17, 15) is 25.6 Å². The van der Waals surface area contributed by atoms with Crippen LogP contribution >= 0.6 is 0 Å². The first-order valence-corrected chi connectivity index (χ1v) is 11.1. The van der Waals surface area contributed by atoms with Crippen molar-refractivity contribution < 1.29 is 25.6 Å². The lowest BCUT2D eigenvalue weighted by molar-refractivity contribution is 0.456. The number of hydrogen-bond acceptors (Lipinski definition) is 4. The van der Waals surface area contributed by atoms with Crippen LogP contribution in [0.2, 0.25) is 0 Å². The Labute approximate surface area is 158 Å². The largest absolute Gasteiger partial charge is 0.230 e. The second kappa shape index (κ2) is 8.42. The molecule has 2 aromatic carbocycles. The second-order valence-corrected chi connectivity index (χ2v) is 10.6. The van der Waals surface area contributed by atoms with Gasteiger partial charge in [0.25, 0.3) is 0 Å². The molecular formula is C17H20F2N2O4S2. The Balaban J connectivity index is 2.06. The zero-order chi connectivity index (χ0) is 20.2. The van der Waals surface area contributed by atoms with Crippen LogP contribution in [0.1, 0.15) is 11.1 Å². The summed E-state index contributed by atoms with van der Waals surface area (Å²) >= 11 is 0. The van der Waals surface area contributed by atoms with Gasteiger partial charge >= 0.3 is 0 Å². The minimum Gasteiger partial charge on any atom is -0.211 e. The Kier molecular flexibility index (Phi) is 6.68. The van der Waals surface area contributed by atoms with Gasteiger partial charge in [-0.05, 0) is 35.4 Å². The quantitative estimate of drug-likeness (QED) is 0.658. The van der Waals surface area contributed by atoms with Crippen LogP contribution in [0.4, 0.5) is 8.78 Å². The van der Waals surface area contributed by atoms with Crippen molar-refractivity contribution in [1.29, 1.82) is 0 Å². The number of hydrogen-bond donors (Lipinski definition) is 0. The van der Waals surface area contributed by atoms with E-state index in [1.807, 2.05) is 0 Å². The Hall–Kier alpha value is -1.88. The van der Waals surface area contributed by atoms with E-state index in [1.54, 1.807) is 0 Å². The third kappa shape index (κ3) is 6.06. The number of sulfonamides is 2. The maximum atomic E-state index is 12.9. The molecule has 10 heteroatoms. The number of benzene rings is 2. The summed E-state index contributed by atoms with van der Waals surface area (Å²) in [6.07, 6.45) is 0. The molecule has 0 N–H and O–H groups in total. The van der Waals surface area contributed by atoms with E-state index in [1.165, 1.54) is 62.6 Å². The van der Waals surface area contributed by atoms with Gasteiger partial charge in [0, 0.05) is 27.2 Å². The van der Waals surface area contributed by atoms with Gasteiger partial charge in [0.1, 0.15) is 11.6 Å². The Morgan fingerprint density at radius 1 is 0.667 bits per heavy atom. The lowest BCUT2D eigenvalue weighted by Gasteiger charge is -2.21. The molecule has 2 aromatic rings. The molecule has 0 aliphatic heterocycles. The Morgan fingerprint density at radius 3 is 1.26 bits per heavy atom. The monoisotopic (exact) mass is 418 g/mol. The second-order valence-electron chi connectivity index (χ2n) is 6.11. The maximum absolute atomic E-state index is 12.9. The van der Waals surface area contributed by atoms with Gasteiger partial charge in [-0.25, -0.2) is 25.6 Å². The molecule has 0 amide bonds. The van der Waals surface area contributed by atoms with Gasteiger partial charge in [-0.1, -0.05) is 24.3 Å². The SMILES string of the molecule is CN(Cc1ccc(F)cc1)S(=O)(=O)CS(=O)(=O)N(C)Cc1ccc(F)cc1. The zero-order valence-electron chi connectivity index (χ0n) is 14.8. The summed E-state index contributed by atoms with van der Waals surface area (Å²) in [6.45, 7) is -0.167. The fraction of sp³-hybridized carbons (Fsp3) is 0.294. The van der Waals surface area contributed by atoms with Crippen molar-refractivity contribution in [1.82, 2.24) is 8.61 Å². The van der Waals surface area contributed by atoms with E-state index in [0.717, 1.165) is 8.61 Å². The van der Waals surface area contributed by atoms with Crippen molar-refractivity contribution in [2.45, 2.75) is 13.1 Å². The summed E-state index contributed by atoms with van der Waals surface area (Å²) < 4.78 is 77.3. The van der Waals surface area contributed by atoms with E-state index >= 15 is 0 Å². The average molecular weight is 418 g/mol. The predicted octanol–water partition coefficient (Wildman–Crippen LogP) is 2.15. The summed E-state index contributed by atoms with van der Waals surface area (Å²) in [7, 11) is -5.72. The van der Waals surface area contributed by atoms with Gasteiger partial charge in [0.15, 0.2) is 5.08 Å². The molecule has 0 aromatic heterocycles. The van der Waals surface area contributed by atoms with Crippen LogP contribution in [0, 0.1) is 11.6 Å². The highest BCUT2D eigenvalue weighted by Gasteiger charge is 2.29. The van der Waals surface area contributed by atoms with E-state index in [0.29, 0.717) is 11.1 Å². The van der Waals surface area contributed by atoms with Crippen LogP contribution in [0.15, 0.2) is 48.5 Å². The predicted molar refractivity (Wildman–Crippen MR) is 98.4 cm³/mol. The van der Waals surface area contributed by atoms with Crippen molar-refractivity contribution in [2.24, 2.45) is 0 Å². The molecule has 0 spiro atoms. The summed E-state index contributed by atoms with van der Waals surface area (Å²) in [5, 5.41) is -1.10. The van der Waals surface area contributed by atoms with Crippen LogP contribution in [0.5, 0.6) is 0 Å². The number of rotatable bonds is 8. The molecule has 0 heterocycles. The highest BCUT2D eigenvalue weighted by molar-refractivity contribution is 8.05. The molecule has 0 radical (unpaired) electrons. The van der Waals surface area contributed by atoms with Gasteiger partial charge in [0.2, 0.25) is 20.0 Å². The molecule has 0 unspecified atom stereocenters. The van der Waals surface area contributed by atoms with Crippen LogP contribution in [0.3, 0.4) is 0 Å². The first kappa shape index (κ1) is 21.4. The molecule has 6 nitrogen and oxygen atoms in total. The number of halogens is 2. The molecule has 0 saturated heterocycles. The van der Waals surface area contributed by atoms with E-state index in [2.05, 4.69) is 0 Å². The van der Waals surface area contributed by atoms with Crippen molar-refractivity contribution in [3.63, 3.8) is 0 Å². The summed E-state index contributed by atoms with van der Waals surface area (Å²) in [4.78, 5) is 0. The molecule has 0 fully saturated rings. The van der Waals surface area contributed by atoms with E-state index in [-0.39, 0.29) is 13.1 Å². The van der Waals surface area contributed by atoms with Crippen LogP contribution in [-0.4, -0.2) is 44.6 Å². The minimum absolute atomic E-state index is 0.0835. The molecule has 0 atom stereocenters. The molecule has 0 bridgehead atoms. The van der Waals surface area contributed by atoms with Crippen molar-refractivity contribution in [2.75, 3.05) is 19.2 Å². The smallest absolute Gasteiger partial charge is 0.211 e. The summed E-state index contributed by atoms with van der Waals surface area (Å²) in [6, 6.07) is 10.5. The first-order valence-electron chi connectivity index (χ1n) is 7.86. The Morgan fingerprint density at radius 2 is 0.963 bits per heavy atom. The van der Waals surface area contributed by atoms with Crippen LogP contribution < -0.4 is 0 Å². The third-order valence-corrected chi connectivity index (χ3v) is 8.43. The van der Waals surface area contributed by atoms with E-state index in [4.69, 9.17) is 0 Å².